The largest absolute Gasteiger partial charge is 0.224 e. The van der Waals surface area contributed by atoms with Crippen LogP contribution in [0.25, 0.3) is 24.3 Å². The molecule has 0 aromatic heterocycles. The van der Waals surface area contributed by atoms with E-state index in [4.69, 9.17) is 0 Å². The van der Waals surface area contributed by atoms with Crippen molar-refractivity contribution in [2.75, 3.05) is 11.5 Å². The van der Waals surface area contributed by atoms with Crippen molar-refractivity contribution >= 4 is 44.0 Å². The Hall–Kier alpha value is -2.96. The highest BCUT2D eigenvalue weighted by Gasteiger charge is 2.21. The number of benzene rings is 3. The highest BCUT2D eigenvalue weighted by molar-refractivity contribution is 7.91. The Kier molecular flexibility index (Phi) is 14.1. The molecule has 6 heteroatoms. The van der Waals surface area contributed by atoms with Crippen LogP contribution in [0.3, 0.4) is 0 Å². The Morgan fingerprint density at radius 2 is 0.750 bits per heavy atom. The molecule has 3 rings (SSSR count). The molecule has 0 heterocycles. The second-order valence-electron chi connectivity index (χ2n) is 11.9. The Morgan fingerprint density at radius 3 is 1.00 bits per heavy atom. The van der Waals surface area contributed by atoms with Crippen LogP contribution in [-0.4, -0.2) is 28.3 Å². The number of sulfone groups is 2. The second-order valence-corrected chi connectivity index (χ2v) is 15.9. The fourth-order valence-electron chi connectivity index (χ4n) is 5.28. The molecule has 0 aliphatic rings. The van der Waals surface area contributed by atoms with Gasteiger partial charge < -0.3 is 0 Å². The minimum Gasteiger partial charge on any atom is -0.224 e. The van der Waals surface area contributed by atoms with Crippen molar-refractivity contribution in [2.45, 2.75) is 88.9 Å². The van der Waals surface area contributed by atoms with E-state index in [9.17, 15) is 16.8 Å². The third-order valence-electron chi connectivity index (χ3n) is 8.35. The number of rotatable bonds is 18. The van der Waals surface area contributed by atoms with Crippen LogP contribution in [0.1, 0.15) is 101 Å². The first-order valence-corrected chi connectivity index (χ1v) is 19.5. The lowest BCUT2D eigenvalue weighted by Gasteiger charge is -2.14. The van der Waals surface area contributed by atoms with Gasteiger partial charge in [0.15, 0.2) is 19.7 Å². The quantitative estimate of drug-likeness (QED) is 0.131. The van der Waals surface area contributed by atoms with Crippen LogP contribution < -0.4 is 0 Å². The van der Waals surface area contributed by atoms with Crippen molar-refractivity contribution in [3.05, 3.63) is 95.1 Å². The van der Waals surface area contributed by atoms with Crippen LogP contribution in [-0.2, 0) is 19.7 Å². The number of unbranched alkanes of at least 4 members (excludes halogenated alkanes) is 2. The molecule has 238 valence electrons. The molecule has 2 unspecified atom stereocenters. The highest BCUT2D eigenvalue weighted by atomic mass is 32.2. The standard InChI is InChI=1S/C38H50O4S2/c1-5-9-11-31(7-3)29-43(39,40)37-25-21-35(22-26-37)19-17-33-13-15-34(16-14-33)18-20-36-23-27-38(28-24-36)44(41,42)30-32(8-4)12-10-6-2/h13-28,31-32H,5-12,29-30H2,1-4H3/b19-17+,20-18+. The van der Waals surface area contributed by atoms with Gasteiger partial charge in [-0.05, 0) is 71.2 Å². The fourth-order valence-corrected chi connectivity index (χ4v) is 8.82. The molecule has 0 spiro atoms. The van der Waals surface area contributed by atoms with E-state index in [0.717, 1.165) is 73.6 Å². The van der Waals surface area contributed by atoms with Gasteiger partial charge in [-0.25, -0.2) is 16.8 Å². The molecule has 0 aliphatic heterocycles. The molecular weight excluding hydrogens is 585 g/mol. The summed E-state index contributed by atoms with van der Waals surface area (Å²) in [5.41, 5.74) is 3.98. The summed E-state index contributed by atoms with van der Waals surface area (Å²) in [5.74, 6) is 0.845. The minimum absolute atomic E-state index is 0.209. The van der Waals surface area contributed by atoms with E-state index in [2.05, 4.69) is 27.7 Å². The first kappa shape index (κ1) is 35.5. The summed E-state index contributed by atoms with van der Waals surface area (Å²) < 4.78 is 51.6. The lowest BCUT2D eigenvalue weighted by Crippen LogP contribution is -2.16. The molecule has 0 N–H and O–H groups in total. The van der Waals surface area contributed by atoms with Gasteiger partial charge in [0.05, 0.1) is 21.3 Å². The van der Waals surface area contributed by atoms with Gasteiger partial charge in [0.25, 0.3) is 0 Å². The van der Waals surface area contributed by atoms with E-state index in [1.165, 1.54) is 0 Å². The molecule has 0 fully saturated rings. The highest BCUT2D eigenvalue weighted by Crippen LogP contribution is 2.23. The molecule has 3 aromatic carbocycles. The zero-order valence-corrected chi connectivity index (χ0v) is 28.5. The molecular formula is C38H50O4S2. The summed E-state index contributed by atoms with van der Waals surface area (Å²) >= 11 is 0. The normalized spacial score (nSPS) is 13.9. The first-order valence-electron chi connectivity index (χ1n) is 16.2. The predicted molar refractivity (Wildman–Crippen MR) is 188 cm³/mol. The van der Waals surface area contributed by atoms with E-state index in [1.807, 2.05) is 72.8 Å². The van der Waals surface area contributed by atoms with Gasteiger partial charge in [-0.2, -0.15) is 0 Å². The van der Waals surface area contributed by atoms with Crippen LogP contribution >= 0.6 is 0 Å². The number of hydrogen-bond donors (Lipinski definition) is 0. The smallest absolute Gasteiger partial charge is 0.178 e. The molecule has 0 aliphatic carbocycles. The van der Waals surface area contributed by atoms with E-state index in [0.29, 0.717) is 9.79 Å². The Labute approximate surface area is 267 Å². The Morgan fingerprint density at radius 1 is 0.477 bits per heavy atom. The third-order valence-corrected chi connectivity index (χ3v) is 12.1. The van der Waals surface area contributed by atoms with Crippen LogP contribution in [0.5, 0.6) is 0 Å². The van der Waals surface area contributed by atoms with Crippen molar-refractivity contribution in [3.8, 4) is 0 Å². The third kappa shape index (κ3) is 11.2. The van der Waals surface area contributed by atoms with Gasteiger partial charge in [-0.15, -0.1) is 0 Å². The lowest BCUT2D eigenvalue weighted by atomic mass is 10.0. The van der Waals surface area contributed by atoms with Gasteiger partial charge >= 0.3 is 0 Å². The van der Waals surface area contributed by atoms with E-state index >= 15 is 0 Å². The first-order chi connectivity index (χ1) is 21.1. The van der Waals surface area contributed by atoms with Crippen molar-refractivity contribution in [2.24, 2.45) is 11.8 Å². The molecule has 2 atom stereocenters. The molecule has 0 saturated carbocycles. The summed E-state index contributed by atoms with van der Waals surface area (Å²) in [6.45, 7) is 8.41. The van der Waals surface area contributed by atoms with Crippen molar-refractivity contribution in [3.63, 3.8) is 0 Å². The van der Waals surface area contributed by atoms with E-state index in [-0.39, 0.29) is 23.3 Å². The second kappa shape index (κ2) is 17.5. The van der Waals surface area contributed by atoms with Gasteiger partial charge in [0.2, 0.25) is 0 Å². The summed E-state index contributed by atoms with van der Waals surface area (Å²) in [7, 11) is -6.58. The molecule has 0 bridgehead atoms. The average molecular weight is 635 g/mol. The lowest BCUT2D eigenvalue weighted by molar-refractivity contribution is 0.483. The maximum Gasteiger partial charge on any atom is 0.178 e. The van der Waals surface area contributed by atoms with Crippen molar-refractivity contribution in [1.29, 1.82) is 0 Å². The summed E-state index contributed by atoms with van der Waals surface area (Å²) in [6.07, 6.45) is 16.0. The monoisotopic (exact) mass is 634 g/mol. The summed E-state index contributed by atoms with van der Waals surface area (Å²) in [6, 6.07) is 22.4. The van der Waals surface area contributed by atoms with Gasteiger partial charge in [0.1, 0.15) is 0 Å². The van der Waals surface area contributed by atoms with Gasteiger partial charge in [-0.1, -0.05) is 139 Å². The maximum absolute atomic E-state index is 12.9. The fraction of sp³-hybridized carbons (Fsp3) is 0.421. The Balaban J connectivity index is 1.58. The molecule has 0 radical (unpaired) electrons. The van der Waals surface area contributed by atoms with Crippen molar-refractivity contribution in [1.82, 2.24) is 0 Å². The molecule has 44 heavy (non-hydrogen) atoms. The Bertz CT molecular complexity index is 1430. The van der Waals surface area contributed by atoms with Crippen LogP contribution in [0, 0.1) is 11.8 Å². The summed E-state index contributed by atoms with van der Waals surface area (Å²) in [5, 5.41) is 0. The average Bonchev–Trinajstić information content (AvgIpc) is 3.03. The minimum atomic E-state index is -3.29. The molecule has 3 aromatic rings. The van der Waals surface area contributed by atoms with Crippen LogP contribution in [0.2, 0.25) is 0 Å². The van der Waals surface area contributed by atoms with E-state index < -0.39 is 19.7 Å². The maximum atomic E-state index is 12.9. The van der Waals surface area contributed by atoms with E-state index in [1.54, 1.807) is 24.3 Å². The van der Waals surface area contributed by atoms with Gasteiger partial charge in [0, 0.05) is 0 Å². The topological polar surface area (TPSA) is 68.3 Å². The number of hydrogen-bond acceptors (Lipinski definition) is 4. The molecule has 0 amide bonds. The molecule has 0 saturated heterocycles. The zero-order chi connectivity index (χ0) is 32.0. The zero-order valence-electron chi connectivity index (χ0n) is 26.9. The predicted octanol–water partition coefficient (Wildman–Crippen LogP) is 10.0. The van der Waals surface area contributed by atoms with Crippen LogP contribution in [0.15, 0.2) is 82.6 Å². The van der Waals surface area contributed by atoms with Gasteiger partial charge in [-0.3, -0.25) is 0 Å². The SMILES string of the molecule is CCCCC(CC)CS(=O)(=O)c1ccc(/C=C/c2ccc(/C=C/c3ccc(S(=O)(=O)CC(CC)CCCC)cc3)cc2)cc1. The van der Waals surface area contributed by atoms with Crippen molar-refractivity contribution < 1.29 is 16.8 Å². The van der Waals surface area contributed by atoms with Crippen LogP contribution in [0.4, 0.5) is 0 Å². The summed E-state index contributed by atoms with van der Waals surface area (Å²) in [4.78, 5) is 0.786. The molecule has 4 nitrogen and oxygen atoms in total.